The molecule has 1 aromatic heterocycles. The van der Waals surface area contributed by atoms with Crippen molar-refractivity contribution in [2.75, 3.05) is 0 Å². The number of rotatable bonds is 2. The molecule has 0 saturated carbocycles. The largest absolute Gasteiger partial charge is 0.237 e. The highest BCUT2D eigenvalue weighted by Gasteiger charge is 2.27. The lowest BCUT2D eigenvalue weighted by Gasteiger charge is -2.20. The lowest BCUT2D eigenvalue weighted by molar-refractivity contribution is 0.795. The fraction of sp³-hybridized carbons (Fsp3) is 0.0811. The van der Waals surface area contributed by atoms with E-state index in [9.17, 15) is 0 Å². The van der Waals surface area contributed by atoms with Gasteiger partial charge in [0.1, 0.15) is 0 Å². The minimum absolute atomic E-state index is 0.324. The number of allylic oxidation sites excluding steroid dienone is 4. The normalized spacial score (nSPS) is 18.6. The molecule has 1 aliphatic carbocycles. The van der Waals surface area contributed by atoms with E-state index < -0.39 is 0 Å². The molecule has 2 heterocycles. The van der Waals surface area contributed by atoms with Crippen LogP contribution in [0, 0.1) is 0 Å². The first-order valence-corrected chi connectivity index (χ1v) is 13.7. The summed E-state index contributed by atoms with van der Waals surface area (Å²) in [5, 5.41) is 7.68. The summed E-state index contributed by atoms with van der Waals surface area (Å²) >= 11 is 0. The van der Waals surface area contributed by atoms with E-state index in [4.69, 9.17) is 4.99 Å². The molecule has 0 spiro atoms. The van der Waals surface area contributed by atoms with Crippen LogP contribution < -0.4 is 0 Å². The molecule has 1 atom stereocenters. The van der Waals surface area contributed by atoms with Crippen LogP contribution in [0.2, 0.25) is 0 Å². The molecule has 0 bridgehead atoms. The van der Waals surface area contributed by atoms with Crippen LogP contribution in [-0.2, 0) is 0 Å². The fourth-order valence-corrected chi connectivity index (χ4v) is 6.60. The SMILES string of the molecule is C1=C\C(c2c3ccccc3c(-c3cccc4ccccc34)c3ccccc23)=C/CCC2C/1=Nc1ncccc12. The number of benzene rings is 5. The van der Waals surface area contributed by atoms with Gasteiger partial charge in [0.25, 0.3) is 0 Å². The van der Waals surface area contributed by atoms with Crippen LogP contribution in [0.3, 0.4) is 0 Å². The summed E-state index contributed by atoms with van der Waals surface area (Å²) in [4.78, 5) is 9.43. The predicted octanol–water partition coefficient (Wildman–Crippen LogP) is 9.81. The van der Waals surface area contributed by atoms with Crippen molar-refractivity contribution in [2.45, 2.75) is 18.8 Å². The first-order chi connectivity index (χ1) is 19.4. The van der Waals surface area contributed by atoms with Gasteiger partial charge in [0.05, 0.1) is 5.71 Å². The Hall–Kier alpha value is -4.82. The molecule has 2 heteroatoms. The Morgan fingerprint density at radius 1 is 0.590 bits per heavy atom. The van der Waals surface area contributed by atoms with Crippen LogP contribution >= 0.6 is 0 Å². The predicted molar refractivity (Wildman–Crippen MR) is 165 cm³/mol. The van der Waals surface area contributed by atoms with E-state index in [1.54, 1.807) is 0 Å². The van der Waals surface area contributed by atoms with Crippen molar-refractivity contribution in [2.24, 2.45) is 4.99 Å². The van der Waals surface area contributed by atoms with Gasteiger partial charge >= 0.3 is 0 Å². The van der Waals surface area contributed by atoms with Gasteiger partial charge in [-0.25, -0.2) is 9.98 Å². The van der Waals surface area contributed by atoms with E-state index in [-0.39, 0.29) is 0 Å². The highest BCUT2D eigenvalue weighted by atomic mass is 14.9. The lowest BCUT2D eigenvalue weighted by Crippen LogP contribution is -2.07. The number of pyridine rings is 1. The van der Waals surface area contributed by atoms with E-state index in [1.165, 1.54) is 60.1 Å². The van der Waals surface area contributed by atoms with Gasteiger partial charge in [0, 0.05) is 17.7 Å². The molecule has 0 radical (unpaired) electrons. The summed E-state index contributed by atoms with van der Waals surface area (Å²) in [5.41, 5.74) is 7.52. The van der Waals surface area contributed by atoms with Gasteiger partial charge in [-0.15, -0.1) is 0 Å². The zero-order chi connectivity index (χ0) is 25.8. The Labute approximate surface area is 227 Å². The van der Waals surface area contributed by atoms with Crippen LogP contribution in [-0.4, -0.2) is 10.7 Å². The van der Waals surface area contributed by atoms with Gasteiger partial charge in [-0.2, -0.15) is 0 Å². The van der Waals surface area contributed by atoms with E-state index in [1.807, 2.05) is 12.3 Å². The average Bonchev–Trinajstić information content (AvgIpc) is 3.32. The molecule has 8 rings (SSSR count). The minimum Gasteiger partial charge on any atom is -0.237 e. The third-order valence-corrected chi connectivity index (χ3v) is 8.32. The van der Waals surface area contributed by atoms with E-state index in [2.05, 4.69) is 120 Å². The summed E-state index contributed by atoms with van der Waals surface area (Å²) in [6, 6.07) is 37.4. The number of hydrogen-bond acceptors (Lipinski definition) is 2. The van der Waals surface area contributed by atoms with Gasteiger partial charge in [0.2, 0.25) is 0 Å². The van der Waals surface area contributed by atoms with Crippen molar-refractivity contribution < 1.29 is 0 Å². The average molecular weight is 499 g/mol. The topological polar surface area (TPSA) is 25.2 Å². The maximum absolute atomic E-state index is 4.90. The van der Waals surface area contributed by atoms with E-state index in [0.717, 1.165) is 24.4 Å². The Morgan fingerprint density at radius 2 is 1.26 bits per heavy atom. The molecule has 0 amide bonds. The molecular formula is C37H26N2. The van der Waals surface area contributed by atoms with Crippen molar-refractivity contribution in [3.8, 4) is 11.1 Å². The first kappa shape index (κ1) is 22.2. The number of fused-ring (bicyclic) bond motifs is 6. The second-order valence-corrected chi connectivity index (χ2v) is 10.4. The molecular weight excluding hydrogens is 472 g/mol. The zero-order valence-corrected chi connectivity index (χ0v) is 21.5. The van der Waals surface area contributed by atoms with Crippen LogP contribution in [0.4, 0.5) is 5.82 Å². The third kappa shape index (κ3) is 3.49. The highest BCUT2D eigenvalue weighted by molar-refractivity contribution is 6.22. The van der Waals surface area contributed by atoms with Gasteiger partial charge in [-0.3, -0.25) is 0 Å². The summed E-state index contributed by atoms with van der Waals surface area (Å²) in [7, 11) is 0. The Kier molecular flexibility index (Phi) is 5.06. The van der Waals surface area contributed by atoms with Crippen molar-refractivity contribution in [3.63, 3.8) is 0 Å². The molecule has 2 nitrogen and oxygen atoms in total. The molecule has 0 fully saturated rings. The Balaban J connectivity index is 1.38. The standard InChI is InChI=1S/C37H26N2/c1-2-13-26-24(10-1)11-7-19-28(26)36-31-16-5-3-14-29(31)35(30-15-4-6-17-32(30)36)25-12-8-18-27-33-20-9-23-38-37(33)39-34(27)22-21-25/h1-7,9-17,19-23,27H,8,18H2/b22-21-,25-12+. The van der Waals surface area contributed by atoms with Crippen molar-refractivity contribution in [1.82, 2.24) is 4.98 Å². The van der Waals surface area contributed by atoms with Gasteiger partial charge in [0.15, 0.2) is 5.82 Å². The first-order valence-electron chi connectivity index (χ1n) is 13.7. The molecule has 0 saturated heterocycles. The third-order valence-electron chi connectivity index (χ3n) is 8.32. The van der Waals surface area contributed by atoms with Crippen LogP contribution in [0.5, 0.6) is 0 Å². The van der Waals surface area contributed by atoms with Crippen molar-refractivity contribution >= 4 is 49.4 Å². The molecule has 6 aromatic rings. The molecule has 5 aromatic carbocycles. The molecule has 184 valence electrons. The second-order valence-electron chi connectivity index (χ2n) is 10.4. The Bertz CT molecular complexity index is 1960. The van der Waals surface area contributed by atoms with Gasteiger partial charge in [-0.05, 0) is 79.6 Å². The second kappa shape index (κ2) is 8.89. The highest BCUT2D eigenvalue weighted by Crippen LogP contribution is 2.45. The maximum atomic E-state index is 4.90. The number of aromatic nitrogens is 1. The number of aliphatic imine (C=N–C) groups is 1. The van der Waals surface area contributed by atoms with Crippen molar-refractivity contribution in [1.29, 1.82) is 0 Å². The smallest absolute Gasteiger partial charge is 0.155 e. The monoisotopic (exact) mass is 498 g/mol. The summed E-state index contributed by atoms with van der Waals surface area (Å²) in [5.74, 6) is 1.20. The van der Waals surface area contributed by atoms with Crippen LogP contribution in [0.25, 0.3) is 49.0 Å². The van der Waals surface area contributed by atoms with Gasteiger partial charge in [-0.1, -0.05) is 109 Å². The van der Waals surface area contributed by atoms with E-state index >= 15 is 0 Å². The summed E-state index contributed by atoms with van der Waals surface area (Å²) in [6.45, 7) is 0. The van der Waals surface area contributed by atoms with E-state index in [0.29, 0.717) is 5.92 Å². The summed E-state index contributed by atoms with van der Waals surface area (Å²) < 4.78 is 0. The van der Waals surface area contributed by atoms with Gasteiger partial charge < -0.3 is 0 Å². The van der Waals surface area contributed by atoms with Crippen LogP contribution in [0.15, 0.2) is 133 Å². The lowest BCUT2D eigenvalue weighted by atomic mass is 9.83. The molecule has 1 unspecified atom stereocenters. The zero-order valence-electron chi connectivity index (χ0n) is 21.5. The minimum atomic E-state index is 0.324. The van der Waals surface area contributed by atoms with Crippen molar-refractivity contribution in [3.05, 3.63) is 139 Å². The number of hydrogen-bond donors (Lipinski definition) is 0. The number of nitrogens with zero attached hydrogens (tertiary/aromatic N) is 2. The molecule has 2 aliphatic rings. The molecule has 39 heavy (non-hydrogen) atoms. The Morgan fingerprint density at radius 3 is 2.03 bits per heavy atom. The fourth-order valence-electron chi connectivity index (χ4n) is 6.60. The quantitative estimate of drug-likeness (QED) is 0.218. The van der Waals surface area contributed by atoms with Crippen LogP contribution in [0.1, 0.15) is 29.9 Å². The molecule has 1 aliphatic heterocycles. The summed E-state index contributed by atoms with van der Waals surface area (Å²) in [6.07, 6.45) is 10.8. The maximum Gasteiger partial charge on any atom is 0.155 e. The molecule has 0 N–H and O–H groups in total.